The van der Waals surface area contributed by atoms with E-state index < -0.39 is 0 Å². The molecular formula is C28H33N3O3. The molecule has 34 heavy (non-hydrogen) atoms. The van der Waals surface area contributed by atoms with Crippen LogP contribution in [0.15, 0.2) is 72.9 Å². The molecule has 4 rings (SSSR count). The van der Waals surface area contributed by atoms with Crippen LogP contribution in [0.1, 0.15) is 41.8 Å². The summed E-state index contributed by atoms with van der Waals surface area (Å²) in [7, 11) is 2.01. The third-order valence-corrected chi connectivity index (χ3v) is 6.03. The van der Waals surface area contributed by atoms with Crippen molar-refractivity contribution in [3.63, 3.8) is 0 Å². The molecule has 0 unspecified atom stereocenters. The smallest absolute Gasteiger partial charge is 0.342 e. The number of benzene rings is 2. The molecule has 3 aromatic rings. The van der Waals surface area contributed by atoms with E-state index in [1.54, 1.807) is 18.3 Å². The highest BCUT2D eigenvalue weighted by atomic mass is 16.5. The van der Waals surface area contributed by atoms with E-state index in [1.165, 1.54) is 5.56 Å². The van der Waals surface area contributed by atoms with Crippen molar-refractivity contribution in [1.82, 2.24) is 9.88 Å². The number of carbonyl (C=O) groups is 1. The number of nitrogens with zero attached hydrogens (tertiary/aromatic N) is 3. The molecule has 2 heterocycles. The van der Waals surface area contributed by atoms with Gasteiger partial charge in [-0.3, -0.25) is 4.90 Å². The lowest BCUT2D eigenvalue weighted by Gasteiger charge is -2.27. The van der Waals surface area contributed by atoms with Gasteiger partial charge in [-0.05, 0) is 55.7 Å². The Morgan fingerprint density at radius 3 is 2.68 bits per heavy atom. The highest BCUT2D eigenvalue weighted by molar-refractivity contribution is 5.94. The van der Waals surface area contributed by atoms with Gasteiger partial charge in [-0.2, -0.15) is 0 Å². The summed E-state index contributed by atoms with van der Waals surface area (Å²) in [5.74, 6) is 1.24. The number of hydrogen-bond acceptors (Lipinski definition) is 6. The van der Waals surface area contributed by atoms with E-state index in [0.717, 1.165) is 37.4 Å². The number of rotatable bonds is 9. The summed E-state index contributed by atoms with van der Waals surface area (Å²) in [6, 6.07) is 22.4. The van der Waals surface area contributed by atoms with Gasteiger partial charge in [0.2, 0.25) is 0 Å². The number of likely N-dealkylation sites (tertiary alicyclic amines) is 1. The minimum absolute atomic E-state index is 0.166. The SMILES string of the molecule is CC(C)OC(=O)c1cccnc1N(C)[C@@H]1CCN(Cc2cccc(OCc3ccccc3)c2)C1. The number of aromatic nitrogens is 1. The van der Waals surface area contributed by atoms with Gasteiger partial charge in [0.25, 0.3) is 0 Å². The Balaban J connectivity index is 1.36. The van der Waals surface area contributed by atoms with Gasteiger partial charge in [0, 0.05) is 38.9 Å². The zero-order valence-electron chi connectivity index (χ0n) is 20.2. The number of hydrogen-bond donors (Lipinski definition) is 0. The van der Waals surface area contributed by atoms with Crippen LogP contribution >= 0.6 is 0 Å². The molecule has 0 radical (unpaired) electrons. The monoisotopic (exact) mass is 459 g/mol. The molecule has 1 aliphatic rings. The average Bonchev–Trinajstić information content (AvgIpc) is 3.31. The van der Waals surface area contributed by atoms with Gasteiger partial charge in [0.05, 0.1) is 6.10 Å². The highest BCUT2D eigenvalue weighted by Crippen LogP contribution is 2.25. The van der Waals surface area contributed by atoms with Crippen LogP contribution in [0.5, 0.6) is 5.75 Å². The number of pyridine rings is 1. The Hall–Kier alpha value is -3.38. The van der Waals surface area contributed by atoms with Crippen LogP contribution in [-0.4, -0.2) is 48.1 Å². The molecule has 0 amide bonds. The Labute approximate surface area is 202 Å². The van der Waals surface area contributed by atoms with E-state index in [2.05, 4.69) is 45.1 Å². The predicted octanol–water partition coefficient (Wildman–Crippen LogP) is 4.94. The Bertz CT molecular complexity index is 1090. The van der Waals surface area contributed by atoms with Crippen LogP contribution in [0.3, 0.4) is 0 Å². The largest absolute Gasteiger partial charge is 0.489 e. The molecule has 0 saturated carbocycles. The number of carbonyl (C=O) groups excluding carboxylic acids is 1. The summed E-state index contributed by atoms with van der Waals surface area (Å²) in [6.07, 6.45) is 2.57. The van der Waals surface area contributed by atoms with E-state index in [-0.39, 0.29) is 18.1 Å². The van der Waals surface area contributed by atoms with Gasteiger partial charge in [0.15, 0.2) is 0 Å². The van der Waals surface area contributed by atoms with Crippen molar-refractivity contribution in [2.24, 2.45) is 0 Å². The second-order valence-corrected chi connectivity index (χ2v) is 9.04. The molecule has 1 aromatic heterocycles. The van der Waals surface area contributed by atoms with Crippen molar-refractivity contribution in [3.8, 4) is 5.75 Å². The fourth-order valence-corrected chi connectivity index (χ4v) is 4.29. The van der Waals surface area contributed by atoms with E-state index in [4.69, 9.17) is 9.47 Å². The maximum absolute atomic E-state index is 12.6. The summed E-state index contributed by atoms with van der Waals surface area (Å²) in [5, 5.41) is 0. The van der Waals surface area contributed by atoms with Crippen molar-refractivity contribution >= 4 is 11.8 Å². The molecule has 2 aromatic carbocycles. The highest BCUT2D eigenvalue weighted by Gasteiger charge is 2.29. The molecular weight excluding hydrogens is 426 g/mol. The van der Waals surface area contributed by atoms with Gasteiger partial charge >= 0.3 is 5.97 Å². The number of likely N-dealkylation sites (N-methyl/N-ethyl adjacent to an activating group) is 1. The fraction of sp³-hybridized carbons (Fsp3) is 0.357. The zero-order valence-corrected chi connectivity index (χ0v) is 20.2. The van der Waals surface area contributed by atoms with Crippen LogP contribution in [-0.2, 0) is 17.9 Å². The van der Waals surface area contributed by atoms with Crippen LogP contribution < -0.4 is 9.64 Å². The molecule has 1 atom stereocenters. The normalized spacial score (nSPS) is 15.9. The standard InChI is InChI=1S/C28H33N3O3/c1-21(2)34-28(32)26-13-8-15-29-27(26)30(3)24-14-16-31(19-24)18-23-11-7-12-25(17-23)33-20-22-9-5-4-6-10-22/h4-13,15,17,21,24H,14,16,18-20H2,1-3H3/t24-/m1/s1. The summed E-state index contributed by atoms with van der Waals surface area (Å²) in [6.45, 7) is 7.02. The molecule has 0 spiro atoms. The van der Waals surface area contributed by atoms with Gasteiger partial charge in [-0.1, -0.05) is 42.5 Å². The van der Waals surface area contributed by atoms with E-state index in [0.29, 0.717) is 18.0 Å². The minimum atomic E-state index is -0.327. The quantitative estimate of drug-likeness (QED) is 0.423. The zero-order chi connectivity index (χ0) is 23.9. The van der Waals surface area contributed by atoms with Gasteiger partial charge in [-0.25, -0.2) is 9.78 Å². The van der Waals surface area contributed by atoms with Gasteiger partial charge in [-0.15, -0.1) is 0 Å². The first kappa shape index (κ1) is 23.8. The molecule has 1 fully saturated rings. The van der Waals surface area contributed by atoms with E-state index >= 15 is 0 Å². The number of ether oxygens (including phenoxy) is 2. The first-order chi connectivity index (χ1) is 16.5. The van der Waals surface area contributed by atoms with Crippen molar-refractivity contribution < 1.29 is 14.3 Å². The van der Waals surface area contributed by atoms with Crippen molar-refractivity contribution in [2.75, 3.05) is 25.0 Å². The predicted molar refractivity (Wildman–Crippen MR) is 134 cm³/mol. The maximum Gasteiger partial charge on any atom is 0.342 e. The van der Waals surface area contributed by atoms with Crippen molar-refractivity contribution in [1.29, 1.82) is 0 Å². The van der Waals surface area contributed by atoms with Crippen molar-refractivity contribution in [2.45, 2.75) is 45.6 Å². The number of esters is 1. The summed E-state index contributed by atoms with van der Waals surface area (Å²) in [4.78, 5) is 21.6. The summed E-state index contributed by atoms with van der Waals surface area (Å²) >= 11 is 0. The topological polar surface area (TPSA) is 54.9 Å². The molecule has 1 aliphatic heterocycles. The molecule has 178 valence electrons. The maximum atomic E-state index is 12.6. The first-order valence-corrected chi connectivity index (χ1v) is 11.9. The lowest BCUT2D eigenvalue weighted by atomic mass is 10.2. The second kappa shape index (κ2) is 11.2. The average molecular weight is 460 g/mol. The summed E-state index contributed by atoms with van der Waals surface area (Å²) < 4.78 is 11.4. The first-order valence-electron chi connectivity index (χ1n) is 11.9. The van der Waals surface area contributed by atoms with Crippen LogP contribution in [0.2, 0.25) is 0 Å². The van der Waals surface area contributed by atoms with Gasteiger partial charge in [0.1, 0.15) is 23.7 Å². The molecule has 0 N–H and O–H groups in total. The number of anilines is 1. The molecule has 1 saturated heterocycles. The van der Waals surface area contributed by atoms with Crippen LogP contribution in [0, 0.1) is 0 Å². The van der Waals surface area contributed by atoms with Crippen molar-refractivity contribution in [3.05, 3.63) is 89.6 Å². The Morgan fingerprint density at radius 1 is 1.09 bits per heavy atom. The third-order valence-electron chi connectivity index (χ3n) is 6.03. The Kier molecular flexibility index (Phi) is 7.80. The van der Waals surface area contributed by atoms with Crippen LogP contribution in [0.25, 0.3) is 0 Å². The Morgan fingerprint density at radius 2 is 1.88 bits per heavy atom. The third kappa shape index (κ3) is 6.14. The van der Waals surface area contributed by atoms with E-state index in [9.17, 15) is 4.79 Å². The molecule has 6 nitrogen and oxygen atoms in total. The lowest BCUT2D eigenvalue weighted by Crippen LogP contribution is -2.36. The van der Waals surface area contributed by atoms with E-state index in [1.807, 2.05) is 45.2 Å². The minimum Gasteiger partial charge on any atom is -0.489 e. The van der Waals surface area contributed by atoms with Gasteiger partial charge < -0.3 is 14.4 Å². The van der Waals surface area contributed by atoms with Crippen LogP contribution in [0.4, 0.5) is 5.82 Å². The fourth-order valence-electron chi connectivity index (χ4n) is 4.29. The molecule has 0 aliphatic carbocycles. The molecule has 6 heteroatoms. The molecule has 0 bridgehead atoms. The second-order valence-electron chi connectivity index (χ2n) is 9.04. The lowest BCUT2D eigenvalue weighted by molar-refractivity contribution is 0.0378. The summed E-state index contributed by atoms with van der Waals surface area (Å²) in [5.41, 5.74) is 2.90.